The average Bonchev–Trinajstić information content (AvgIpc) is 2.86. The molecule has 0 saturated heterocycles. The second kappa shape index (κ2) is 8.38. The lowest BCUT2D eigenvalue weighted by Gasteiger charge is -2.15. The van der Waals surface area contributed by atoms with E-state index in [1.165, 1.54) is 0 Å². The predicted octanol–water partition coefficient (Wildman–Crippen LogP) is 3.12. The summed E-state index contributed by atoms with van der Waals surface area (Å²) in [7, 11) is 0. The zero-order valence-corrected chi connectivity index (χ0v) is 14.7. The fourth-order valence-corrected chi connectivity index (χ4v) is 2.55. The molecule has 130 valence electrons. The van der Waals surface area contributed by atoms with E-state index in [0.29, 0.717) is 19.6 Å². The van der Waals surface area contributed by atoms with E-state index in [0.717, 1.165) is 28.3 Å². The van der Waals surface area contributed by atoms with E-state index in [2.05, 4.69) is 15.8 Å². The minimum absolute atomic E-state index is 0.0241. The number of hydrogen-bond acceptors (Lipinski definition) is 4. The van der Waals surface area contributed by atoms with Gasteiger partial charge in [-0.15, -0.1) is 0 Å². The molecule has 24 heavy (non-hydrogen) atoms. The standard InChI is InChI=1S/C18H25N3O3/c1-5-23-17-9-7-6-8-15(17)11-19-18(22)20-12(2)10-16-13(3)21-24-14(16)4/h6-9,12H,5,10-11H2,1-4H3,(H2,19,20,22)/t12-/m1/s1. The highest BCUT2D eigenvalue weighted by Gasteiger charge is 2.14. The van der Waals surface area contributed by atoms with Crippen LogP contribution in [0.15, 0.2) is 28.8 Å². The maximum absolute atomic E-state index is 12.1. The van der Waals surface area contributed by atoms with Gasteiger partial charge in [-0.25, -0.2) is 4.79 Å². The molecule has 0 bridgehead atoms. The van der Waals surface area contributed by atoms with Crippen molar-refractivity contribution in [2.24, 2.45) is 0 Å². The van der Waals surface area contributed by atoms with Crippen molar-refractivity contribution in [2.45, 2.75) is 46.7 Å². The van der Waals surface area contributed by atoms with Crippen LogP contribution in [0.3, 0.4) is 0 Å². The van der Waals surface area contributed by atoms with Gasteiger partial charge in [0.1, 0.15) is 11.5 Å². The van der Waals surface area contributed by atoms with Gasteiger partial charge in [-0.05, 0) is 40.2 Å². The fourth-order valence-electron chi connectivity index (χ4n) is 2.55. The number of amides is 2. The Morgan fingerprint density at radius 3 is 2.75 bits per heavy atom. The lowest BCUT2D eigenvalue weighted by atomic mass is 10.1. The van der Waals surface area contributed by atoms with E-state index >= 15 is 0 Å². The van der Waals surface area contributed by atoms with Gasteiger partial charge in [-0.3, -0.25) is 0 Å². The van der Waals surface area contributed by atoms with Crippen molar-refractivity contribution >= 4 is 6.03 Å². The van der Waals surface area contributed by atoms with Gasteiger partial charge in [0.05, 0.1) is 12.3 Å². The molecule has 0 saturated carbocycles. The first-order chi connectivity index (χ1) is 11.5. The van der Waals surface area contributed by atoms with Crippen molar-refractivity contribution in [2.75, 3.05) is 6.61 Å². The molecule has 2 N–H and O–H groups in total. The van der Waals surface area contributed by atoms with Crippen LogP contribution in [0.5, 0.6) is 5.75 Å². The van der Waals surface area contributed by atoms with Crippen LogP contribution in [0.1, 0.15) is 36.4 Å². The molecule has 0 aliphatic heterocycles. The maximum Gasteiger partial charge on any atom is 0.315 e. The summed E-state index contributed by atoms with van der Waals surface area (Å²) in [6.07, 6.45) is 0.685. The molecule has 0 spiro atoms. The minimum Gasteiger partial charge on any atom is -0.494 e. The van der Waals surface area contributed by atoms with Gasteiger partial charge >= 0.3 is 6.03 Å². The van der Waals surface area contributed by atoms with Crippen LogP contribution in [-0.2, 0) is 13.0 Å². The van der Waals surface area contributed by atoms with Gasteiger partial charge in [0.15, 0.2) is 0 Å². The van der Waals surface area contributed by atoms with Crippen LogP contribution in [0.4, 0.5) is 4.79 Å². The first-order valence-corrected chi connectivity index (χ1v) is 8.18. The van der Waals surface area contributed by atoms with Crippen molar-refractivity contribution in [1.29, 1.82) is 0 Å². The van der Waals surface area contributed by atoms with E-state index in [1.54, 1.807) is 0 Å². The summed E-state index contributed by atoms with van der Waals surface area (Å²) in [5.41, 5.74) is 2.87. The van der Waals surface area contributed by atoms with Crippen LogP contribution >= 0.6 is 0 Å². The van der Waals surface area contributed by atoms with Crippen LogP contribution in [0.2, 0.25) is 0 Å². The molecular weight excluding hydrogens is 306 g/mol. The molecular formula is C18H25N3O3. The summed E-state index contributed by atoms with van der Waals surface area (Å²) < 4.78 is 10.7. The highest BCUT2D eigenvalue weighted by molar-refractivity contribution is 5.74. The quantitative estimate of drug-likeness (QED) is 0.817. The van der Waals surface area contributed by atoms with Crippen molar-refractivity contribution < 1.29 is 14.1 Å². The second-order valence-corrected chi connectivity index (χ2v) is 5.78. The number of ether oxygens (including phenoxy) is 1. The van der Waals surface area contributed by atoms with Gasteiger partial charge in [0.25, 0.3) is 0 Å². The Kier molecular flexibility index (Phi) is 6.23. The number of nitrogens with one attached hydrogen (secondary N) is 2. The number of carbonyl (C=O) groups excluding carboxylic acids is 1. The normalized spacial score (nSPS) is 11.8. The monoisotopic (exact) mass is 331 g/mol. The van der Waals surface area contributed by atoms with Crippen LogP contribution in [-0.4, -0.2) is 23.8 Å². The van der Waals surface area contributed by atoms with E-state index in [1.807, 2.05) is 52.0 Å². The Balaban J connectivity index is 1.85. The summed E-state index contributed by atoms with van der Waals surface area (Å²) in [6.45, 7) is 8.70. The Bertz CT molecular complexity index is 662. The summed E-state index contributed by atoms with van der Waals surface area (Å²) in [4.78, 5) is 12.1. The lowest BCUT2D eigenvalue weighted by Crippen LogP contribution is -2.41. The van der Waals surface area contributed by atoms with E-state index in [9.17, 15) is 4.79 Å². The first-order valence-electron chi connectivity index (χ1n) is 8.18. The second-order valence-electron chi connectivity index (χ2n) is 5.78. The molecule has 0 fully saturated rings. The Morgan fingerprint density at radius 2 is 2.08 bits per heavy atom. The lowest BCUT2D eigenvalue weighted by molar-refractivity contribution is 0.237. The van der Waals surface area contributed by atoms with Gasteiger partial charge in [0, 0.05) is 23.7 Å². The number of aromatic nitrogens is 1. The Labute approximate surface area is 142 Å². The first kappa shape index (κ1) is 17.8. The molecule has 6 heteroatoms. The number of carbonyl (C=O) groups is 1. The minimum atomic E-state index is -0.208. The van der Waals surface area contributed by atoms with Crippen LogP contribution in [0.25, 0.3) is 0 Å². The zero-order chi connectivity index (χ0) is 17.5. The molecule has 1 heterocycles. The highest BCUT2D eigenvalue weighted by Crippen LogP contribution is 2.17. The third-order valence-electron chi connectivity index (χ3n) is 3.78. The summed E-state index contributed by atoms with van der Waals surface area (Å²) in [6, 6.07) is 7.46. The summed E-state index contributed by atoms with van der Waals surface area (Å²) in [5.74, 6) is 1.59. The van der Waals surface area contributed by atoms with E-state index < -0.39 is 0 Å². The van der Waals surface area contributed by atoms with E-state index in [-0.39, 0.29) is 12.1 Å². The number of para-hydroxylation sites is 1. The fraction of sp³-hybridized carbons (Fsp3) is 0.444. The summed E-state index contributed by atoms with van der Waals surface area (Å²) in [5, 5.41) is 9.74. The molecule has 0 aliphatic carbocycles. The van der Waals surface area contributed by atoms with E-state index in [4.69, 9.17) is 9.26 Å². The Hall–Kier alpha value is -2.50. The van der Waals surface area contributed by atoms with Crippen molar-refractivity contribution in [3.63, 3.8) is 0 Å². The summed E-state index contributed by atoms with van der Waals surface area (Å²) >= 11 is 0. The maximum atomic E-state index is 12.1. The number of rotatable bonds is 7. The number of nitrogens with zero attached hydrogens (tertiary/aromatic N) is 1. The van der Waals surface area contributed by atoms with Crippen molar-refractivity contribution in [1.82, 2.24) is 15.8 Å². The number of urea groups is 1. The van der Waals surface area contributed by atoms with Crippen molar-refractivity contribution in [3.8, 4) is 5.75 Å². The van der Waals surface area contributed by atoms with Crippen LogP contribution in [0, 0.1) is 13.8 Å². The smallest absolute Gasteiger partial charge is 0.315 e. The molecule has 2 rings (SSSR count). The molecule has 6 nitrogen and oxygen atoms in total. The molecule has 2 aromatic rings. The number of hydrogen-bond donors (Lipinski definition) is 2. The SMILES string of the molecule is CCOc1ccccc1CNC(=O)N[C@H](C)Cc1c(C)noc1C. The molecule has 2 amide bonds. The van der Waals surface area contributed by atoms with Gasteiger partial charge < -0.3 is 19.9 Å². The topological polar surface area (TPSA) is 76.4 Å². The molecule has 0 unspecified atom stereocenters. The zero-order valence-electron chi connectivity index (χ0n) is 14.7. The third-order valence-corrected chi connectivity index (χ3v) is 3.78. The predicted molar refractivity (Wildman–Crippen MR) is 92.1 cm³/mol. The Morgan fingerprint density at radius 1 is 1.33 bits per heavy atom. The van der Waals surface area contributed by atoms with Crippen molar-refractivity contribution in [3.05, 3.63) is 46.8 Å². The molecule has 0 aliphatic rings. The van der Waals surface area contributed by atoms with Crippen LogP contribution < -0.4 is 15.4 Å². The molecule has 1 aromatic heterocycles. The number of aryl methyl sites for hydroxylation is 2. The largest absolute Gasteiger partial charge is 0.494 e. The van der Waals surface area contributed by atoms with Gasteiger partial charge in [-0.1, -0.05) is 23.4 Å². The average molecular weight is 331 g/mol. The molecule has 1 aromatic carbocycles. The molecule has 1 atom stereocenters. The molecule has 0 radical (unpaired) electrons. The highest BCUT2D eigenvalue weighted by atomic mass is 16.5. The number of benzene rings is 1. The van der Waals surface area contributed by atoms with Gasteiger partial charge in [-0.2, -0.15) is 0 Å². The van der Waals surface area contributed by atoms with Gasteiger partial charge in [0.2, 0.25) is 0 Å². The third kappa shape index (κ3) is 4.75.